The van der Waals surface area contributed by atoms with Gasteiger partial charge >= 0.3 is 0 Å². The molecule has 17 heavy (non-hydrogen) atoms. The summed E-state index contributed by atoms with van der Waals surface area (Å²) in [5.74, 6) is -0.216. The first-order valence-electron chi connectivity index (χ1n) is 5.77. The molecule has 1 amide bonds. The van der Waals surface area contributed by atoms with Crippen molar-refractivity contribution in [2.45, 2.75) is 30.7 Å². The van der Waals surface area contributed by atoms with Crippen LogP contribution in [0.5, 0.6) is 0 Å². The van der Waals surface area contributed by atoms with E-state index < -0.39 is 21.3 Å². The molecule has 2 unspecified atom stereocenters. The Kier molecular flexibility index (Phi) is 3.70. The van der Waals surface area contributed by atoms with E-state index in [4.69, 9.17) is 4.74 Å². The van der Waals surface area contributed by atoms with Crippen molar-refractivity contribution in [2.75, 3.05) is 25.6 Å². The van der Waals surface area contributed by atoms with Crippen LogP contribution in [0.4, 0.5) is 0 Å². The van der Waals surface area contributed by atoms with E-state index in [0.29, 0.717) is 12.8 Å². The zero-order chi connectivity index (χ0) is 12.5. The molecule has 2 heterocycles. The molecule has 1 N–H and O–H groups in total. The molecule has 2 rings (SSSR count). The van der Waals surface area contributed by atoms with Crippen molar-refractivity contribution < 1.29 is 23.1 Å². The van der Waals surface area contributed by atoms with Crippen molar-refractivity contribution >= 4 is 15.7 Å². The number of sulfone groups is 1. The van der Waals surface area contributed by atoms with Gasteiger partial charge in [-0.15, -0.1) is 0 Å². The van der Waals surface area contributed by atoms with Gasteiger partial charge in [-0.05, 0) is 19.3 Å². The molecular formula is C10H17NO5S. The van der Waals surface area contributed by atoms with E-state index in [9.17, 15) is 18.3 Å². The Bertz CT molecular complexity index is 394. The van der Waals surface area contributed by atoms with Crippen LogP contribution in [0.1, 0.15) is 19.3 Å². The van der Waals surface area contributed by atoms with Crippen molar-refractivity contribution in [3.63, 3.8) is 0 Å². The fourth-order valence-corrected chi connectivity index (χ4v) is 4.47. The number of aliphatic hydroxyl groups is 1. The number of morpholine rings is 1. The van der Waals surface area contributed by atoms with E-state index in [1.807, 2.05) is 0 Å². The molecule has 2 aliphatic rings. The fraction of sp³-hybridized carbons (Fsp3) is 0.900. The normalized spacial score (nSPS) is 33.7. The lowest BCUT2D eigenvalue weighted by molar-refractivity contribution is -0.151. The third-order valence-electron chi connectivity index (χ3n) is 3.28. The van der Waals surface area contributed by atoms with Crippen LogP contribution in [0, 0.1) is 0 Å². The van der Waals surface area contributed by atoms with Crippen LogP contribution in [-0.2, 0) is 19.4 Å². The molecule has 7 heteroatoms. The molecule has 0 radical (unpaired) electrons. The number of amides is 1. The molecular weight excluding hydrogens is 246 g/mol. The summed E-state index contributed by atoms with van der Waals surface area (Å²) in [5, 5.41) is 8.44. The second kappa shape index (κ2) is 4.91. The van der Waals surface area contributed by atoms with Gasteiger partial charge in [0.05, 0.1) is 25.0 Å². The Balaban J connectivity index is 2.25. The van der Waals surface area contributed by atoms with Gasteiger partial charge < -0.3 is 14.7 Å². The van der Waals surface area contributed by atoms with Crippen LogP contribution in [-0.4, -0.2) is 61.3 Å². The molecule has 0 aromatic heterocycles. The average Bonchev–Trinajstić information content (AvgIpc) is 2.29. The number of hydrogen-bond donors (Lipinski definition) is 1. The molecule has 0 bridgehead atoms. The van der Waals surface area contributed by atoms with Gasteiger partial charge in [-0.1, -0.05) is 0 Å². The molecule has 2 aliphatic heterocycles. The third-order valence-corrected chi connectivity index (χ3v) is 5.43. The van der Waals surface area contributed by atoms with Crippen LogP contribution in [0.25, 0.3) is 0 Å². The predicted octanol–water partition coefficient (Wildman–Crippen LogP) is -0.869. The first-order valence-corrected chi connectivity index (χ1v) is 7.49. The maximum Gasteiger partial charge on any atom is 0.250 e. The molecule has 0 saturated carbocycles. The largest absolute Gasteiger partial charge is 0.394 e. The minimum Gasteiger partial charge on any atom is -0.394 e. The summed E-state index contributed by atoms with van der Waals surface area (Å²) >= 11 is 0. The van der Waals surface area contributed by atoms with E-state index in [-0.39, 0.29) is 31.5 Å². The zero-order valence-corrected chi connectivity index (χ0v) is 10.4. The topological polar surface area (TPSA) is 83.9 Å². The molecule has 0 aromatic rings. The molecule has 2 saturated heterocycles. The summed E-state index contributed by atoms with van der Waals surface area (Å²) in [4.78, 5) is 13.1. The predicted molar refractivity (Wildman–Crippen MR) is 60.0 cm³/mol. The smallest absolute Gasteiger partial charge is 0.250 e. The second-order valence-electron chi connectivity index (χ2n) is 4.47. The van der Waals surface area contributed by atoms with E-state index in [2.05, 4.69) is 0 Å². The number of nitrogens with zero attached hydrogens (tertiary/aromatic N) is 1. The highest BCUT2D eigenvalue weighted by Gasteiger charge is 2.41. The standard InChI is InChI=1S/C10H17NO5S/c12-5-8-6-16-7-9(13)11(8)10-3-1-2-4-17(10,14)15/h8,10,12H,1-7H2. The number of carbonyl (C=O) groups excluding carboxylic acids is 1. The van der Waals surface area contributed by atoms with Gasteiger partial charge in [0.25, 0.3) is 0 Å². The van der Waals surface area contributed by atoms with Gasteiger partial charge in [-0.25, -0.2) is 8.42 Å². The maximum absolute atomic E-state index is 12.0. The summed E-state index contributed by atoms with van der Waals surface area (Å²) in [7, 11) is -3.26. The lowest BCUT2D eigenvalue weighted by Gasteiger charge is -2.41. The van der Waals surface area contributed by atoms with Crippen molar-refractivity contribution in [3.05, 3.63) is 0 Å². The quantitative estimate of drug-likeness (QED) is 0.700. The number of rotatable bonds is 2. The first kappa shape index (κ1) is 12.8. The van der Waals surface area contributed by atoms with Gasteiger partial charge in [0.2, 0.25) is 5.91 Å². The lowest BCUT2D eigenvalue weighted by atomic mass is 10.1. The Hall–Kier alpha value is -0.660. The molecule has 0 aliphatic carbocycles. The van der Waals surface area contributed by atoms with E-state index in [0.717, 1.165) is 6.42 Å². The Morgan fingerprint density at radius 2 is 2.18 bits per heavy atom. The van der Waals surface area contributed by atoms with E-state index in [1.165, 1.54) is 4.90 Å². The summed E-state index contributed by atoms with van der Waals surface area (Å²) in [5.41, 5.74) is 0. The van der Waals surface area contributed by atoms with Crippen molar-refractivity contribution in [1.29, 1.82) is 0 Å². The van der Waals surface area contributed by atoms with Crippen molar-refractivity contribution in [1.82, 2.24) is 4.90 Å². The zero-order valence-electron chi connectivity index (χ0n) is 9.54. The first-order chi connectivity index (χ1) is 8.06. The third kappa shape index (κ3) is 2.46. The summed E-state index contributed by atoms with van der Waals surface area (Å²) in [6.07, 6.45) is 1.92. The van der Waals surface area contributed by atoms with Crippen LogP contribution < -0.4 is 0 Å². The molecule has 2 fully saturated rings. The van der Waals surface area contributed by atoms with Gasteiger partial charge in [0, 0.05) is 0 Å². The van der Waals surface area contributed by atoms with Gasteiger partial charge in [0.1, 0.15) is 12.0 Å². The van der Waals surface area contributed by atoms with Gasteiger partial charge in [-0.2, -0.15) is 0 Å². The second-order valence-corrected chi connectivity index (χ2v) is 6.75. The van der Waals surface area contributed by atoms with Crippen LogP contribution in [0.2, 0.25) is 0 Å². The van der Waals surface area contributed by atoms with Crippen molar-refractivity contribution in [2.24, 2.45) is 0 Å². The molecule has 98 valence electrons. The van der Waals surface area contributed by atoms with Crippen LogP contribution in [0.15, 0.2) is 0 Å². The minimum atomic E-state index is -3.26. The number of hydrogen-bond acceptors (Lipinski definition) is 5. The number of aliphatic hydroxyl groups excluding tert-OH is 1. The monoisotopic (exact) mass is 263 g/mol. The Morgan fingerprint density at radius 3 is 2.82 bits per heavy atom. The number of carbonyl (C=O) groups is 1. The van der Waals surface area contributed by atoms with E-state index >= 15 is 0 Å². The lowest BCUT2D eigenvalue weighted by Crippen LogP contribution is -2.58. The average molecular weight is 263 g/mol. The Morgan fingerprint density at radius 1 is 1.41 bits per heavy atom. The molecule has 2 atom stereocenters. The Labute approximate surface area is 100 Å². The highest BCUT2D eigenvalue weighted by Crippen LogP contribution is 2.26. The molecule has 6 nitrogen and oxygen atoms in total. The molecule has 0 aromatic carbocycles. The van der Waals surface area contributed by atoms with Crippen LogP contribution >= 0.6 is 0 Å². The van der Waals surface area contributed by atoms with Gasteiger partial charge in [-0.3, -0.25) is 4.79 Å². The molecule has 0 spiro atoms. The fourth-order valence-electron chi connectivity index (χ4n) is 2.43. The van der Waals surface area contributed by atoms with Crippen molar-refractivity contribution in [3.8, 4) is 0 Å². The SMILES string of the molecule is O=C1COCC(CO)N1C1CCCCS1(=O)=O. The van der Waals surface area contributed by atoms with Crippen LogP contribution in [0.3, 0.4) is 0 Å². The number of ether oxygens (including phenoxy) is 1. The summed E-state index contributed by atoms with van der Waals surface area (Å²) in [6.45, 7) is -0.158. The van der Waals surface area contributed by atoms with E-state index in [1.54, 1.807) is 0 Å². The highest BCUT2D eigenvalue weighted by atomic mass is 32.2. The highest BCUT2D eigenvalue weighted by molar-refractivity contribution is 7.92. The minimum absolute atomic E-state index is 0.0947. The summed E-state index contributed by atoms with van der Waals surface area (Å²) in [6, 6.07) is -0.533. The summed E-state index contributed by atoms with van der Waals surface area (Å²) < 4.78 is 29.0. The van der Waals surface area contributed by atoms with Gasteiger partial charge in [0.15, 0.2) is 9.84 Å². The maximum atomic E-state index is 12.0.